The molecular formula is C21H29BrClNO3. The van der Waals surface area contributed by atoms with E-state index in [1.807, 2.05) is 32.9 Å². The van der Waals surface area contributed by atoms with Crippen molar-refractivity contribution < 1.29 is 14.6 Å². The van der Waals surface area contributed by atoms with E-state index in [1.165, 1.54) is 5.56 Å². The molecule has 0 radical (unpaired) electrons. The minimum absolute atomic E-state index is 0. The van der Waals surface area contributed by atoms with Crippen LogP contribution in [-0.2, 0) is 13.2 Å². The lowest BCUT2D eigenvalue weighted by Crippen LogP contribution is -2.42. The molecule has 0 saturated carbocycles. The van der Waals surface area contributed by atoms with Gasteiger partial charge in [-0.2, -0.15) is 0 Å². The van der Waals surface area contributed by atoms with E-state index in [2.05, 4.69) is 52.4 Å². The zero-order valence-corrected chi connectivity index (χ0v) is 18.7. The first kappa shape index (κ1) is 23.8. The van der Waals surface area contributed by atoms with Crippen molar-refractivity contribution in [3.8, 4) is 11.5 Å². The number of benzene rings is 2. The highest BCUT2D eigenvalue weighted by atomic mass is 79.9. The highest BCUT2D eigenvalue weighted by molar-refractivity contribution is 9.10. The largest absolute Gasteiger partial charge is 0.490 e. The summed E-state index contributed by atoms with van der Waals surface area (Å²) in [4.78, 5) is 0. The van der Waals surface area contributed by atoms with Crippen LogP contribution < -0.4 is 14.8 Å². The zero-order chi connectivity index (χ0) is 19.2. The molecule has 0 bridgehead atoms. The maximum absolute atomic E-state index is 9.39. The van der Waals surface area contributed by atoms with E-state index in [1.54, 1.807) is 0 Å². The first-order valence-electron chi connectivity index (χ1n) is 8.84. The molecule has 0 unspecified atom stereocenters. The van der Waals surface area contributed by atoms with Gasteiger partial charge in [0.15, 0.2) is 11.5 Å². The second-order valence-corrected chi connectivity index (χ2v) is 7.86. The van der Waals surface area contributed by atoms with Crippen LogP contribution in [0.3, 0.4) is 0 Å². The Bertz CT molecular complexity index is 720. The highest BCUT2D eigenvalue weighted by Crippen LogP contribution is 2.37. The number of hydrogen-bond donors (Lipinski definition) is 2. The molecule has 0 aliphatic carbocycles. The Morgan fingerprint density at radius 3 is 2.33 bits per heavy atom. The van der Waals surface area contributed by atoms with Crippen molar-refractivity contribution >= 4 is 28.3 Å². The molecule has 0 aromatic heterocycles. The van der Waals surface area contributed by atoms with Gasteiger partial charge in [-0.15, -0.1) is 12.4 Å². The summed E-state index contributed by atoms with van der Waals surface area (Å²) in [5, 5.41) is 12.7. The molecule has 2 N–H and O–H groups in total. The SMILES string of the molecule is CCOc1cc(CNC(C)(C)CO)cc(Br)c1OCc1ccc(C)cc1.Cl. The quantitative estimate of drug-likeness (QED) is 0.554. The molecule has 0 amide bonds. The van der Waals surface area contributed by atoms with E-state index in [-0.39, 0.29) is 24.6 Å². The summed E-state index contributed by atoms with van der Waals surface area (Å²) < 4.78 is 12.7. The van der Waals surface area contributed by atoms with Crippen molar-refractivity contribution in [3.05, 3.63) is 57.6 Å². The minimum atomic E-state index is -0.334. The summed E-state index contributed by atoms with van der Waals surface area (Å²) in [5.41, 5.74) is 3.07. The third-order valence-corrected chi connectivity index (χ3v) is 4.63. The molecule has 2 rings (SSSR count). The zero-order valence-electron chi connectivity index (χ0n) is 16.3. The average Bonchev–Trinajstić information content (AvgIpc) is 2.61. The second kappa shape index (κ2) is 10.9. The van der Waals surface area contributed by atoms with Crippen LogP contribution in [0.25, 0.3) is 0 Å². The Morgan fingerprint density at radius 2 is 1.74 bits per heavy atom. The van der Waals surface area contributed by atoms with E-state index < -0.39 is 0 Å². The van der Waals surface area contributed by atoms with E-state index in [0.717, 1.165) is 15.6 Å². The van der Waals surface area contributed by atoms with E-state index in [4.69, 9.17) is 9.47 Å². The molecule has 0 spiro atoms. The van der Waals surface area contributed by atoms with Gasteiger partial charge in [0.1, 0.15) is 6.61 Å². The first-order chi connectivity index (χ1) is 12.3. The number of halogens is 2. The molecule has 6 heteroatoms. The second-order valence-electron chi connectivity index (χ2n) is 7.01. The lowest BCUT2D eigenvalue weighted by Gasteiger charge is -2.24. The standard InChI is InChI=1S/C21H28BrNO3.ClH/c1-5-25-19-11-17(12-23-21(3,4)14-24)10-18(22)20(19)26-13-16-8-6-15(2)7-9-16;/h6-11,23-24H,5,12-14H2,1-4H3;1H. The van der Waals surface area contributed by atoms with Crippen molar-refractivity contribution in [2.45, 2.75) is 46.4 Å². The summed E-state index contributed by atoms with van der Waals surface area (Å²) in [6.45, 7) is 9.70. The number of aryl methyl sites for hydroxylation is 1. The Labute approximate surface area is 176 Å². The van der Waals surface area contributed by atoms with Crippen molar-refractivity contribution in [1.82, 2.24) is 5.32 Å². The van der Waals surface area contributed by atoms with Gasteiger partial charge in [0.25, 0.3) is 0 Å². The highest BCUT2D eigenvalue weighted by Gasteiger charge is 2.17. The Balaban J connectivity index is 0.00000364. The third-order valence-electron chi connectivity index (χ3n) is 4.04. The fourth-order valence-electron chi connectivity index (χ4n) is 2.36. The van der Waals surface area contributed by atoms with Gasteiger partial charge in [-0.25, -0.2) is 0 Å². The molecule has 0 fully saturated rings. The van der Waals surface area contributed by atoms with Gasteiger partial charge >= 0.3 is 0 Å². The van der Waals surface area contributed by atoms with Gasteiger partial charge in [-0.1, -0.05) is 29.8 Å². The fraction of sp³-hybridized carbons (Fsp3) is 0.429. The molecule has 150 valence electrons. The van der Waals surface area contributed by atoms with Crippen LogP contribution in [0, 0.1) is 6.92 Å². The molecule has 0 saturated heterocycles. The van der Waals surface area contributed by atoms with Crippen LogP contribution in [-0.4, -0.2) is 23.9 Å². The van der Waals surface area contributed by atoms with Gasteiger partial charge in [0.05, 0.1) is 17.7 Å². The third kappa shape index (κ3) is 7.34. The summed E-state index contributed by atoms with van der Waals surface area (Å²) in [6, 6.07) is 12.3. The van der Waals surface area contributed by atoms with Crippen LogP contribution in [0.15, 0.2) is 40.9 Å². The number of nitrogens with one attached hydrogen (secondary N) is 1. The lowest BCUT2D eigenvalue weighted by molar-refractivity contribution is 0.187. The van der Waals surface area contributed by atoms with Crippen LogP contribution in [0.4, 0.5) is 0 Å². The maximum Gasteiger partial charge on any atom is 0.175 e. The number of ether oxygens (including phenoxy) is 2. The van der Waals surface area contributed by atoms with Gasteiger partial charge in [0, 0.05) is 12.1 Å². The van der Waals surface area contributed by atoms with Crippen LogP contribution in [0.1, 0.15) is 37.5 Å². The van der Waals surface area contributed by atoms with Gasteiger partial charge in [0.2, 0.25) is 0 Å². The van der Waals surface area contributed by atoms with Crippen molar-refractivity contribution in [2.75, 3.05) is 13.2 Å². The number of aliphatic hydroxyl groups excluding tert-OH is 1. The topological polar surface area (TPSA) is 50.7 Å². The maximum atomic E-state index is 9.39. The normalized spacial score (nSPS) is 11.0. The predicted octanol–water partition coefficient (Wildman–Crippen LogP) is 5.02. The van der Waals surface area contributed by atoms with Crippen molar-refractivity contribution in [3.63, 3.8) is 0 Å². The van der Waals surface area contributed by atoms with Crippen LogP contribution in [0.5, 0.6) is 11.5 Å². The van der Waals surface area contributed by atoms with Crippen molar-refractivity contribution in [1.29, 1.82) is 0 Å². The number of rotatable bonds is 9. The summed E-state index contributed by atoms with van der Waals surface area (Å²) in [5.74, 6) is 1.42. The summed E-state index contributed by atoms with van der Waals surface area (Å²) in [7, 11) is 0. The Hall–Kier alpha value is -1.27. The lowest BCUT2D eigenvalue weighted by atomic mass is 10.1. The monoisotopic (exact) mass is 457 g/mol. The van der Waals surface area contributed by atoms with E-state index in [9.17, 15) is 5.11 Å². The minimum Gasteiger partial charge on any atom is -0.490 e. The summed E-state index contributed by atoms with van der Waals surface area (Å²) in [6.07, 6.45) is 0. The van der Waals surface area contributed by atoms with Crippen LogP contribution >= 0.6 is 28.3 Å². The average molecular weight is 459 g/mol. The van der Waals surface area contributed by atoms with E-state index >= 15 is 0 Å². The molecule has 0 aliphatic heterocycles. The molecule has 27 heavy (non-hydrogen) atoms. The molecule has 2 aromatic rings. The Kier molecular flexibility index (Phi) is 9.60. The van der Waals surface area contributed by atoms with Gasteiger partial charge in [-0.3, -0.25) is 0 Å². The Morgan fingerprint density at radius 1 is 1.07 bits per heavy atom. The molecular weight excluding hydrogens is 430 g/mol. The summed E-state index contributed by atoms with van der Waals surface area (Å²) >= 11 is 3.61. The van der Waals surface area contributed by atoms with Gasteiger partial charge < -0.3 is 19.9 Å². The molecule has 0 atom stereocenters. The molecule has 0 heterocycles. The number of aliphatic hydroxyl groups is 1. The fourth-order valence-corrected chi connectivity index (χ4v) is 2.97. The molecule has 4 nitrogen and oxygen atoms in total. The smallest absolute Gasteiger partial charge is 0.175 e. The predicted molar refractivity (Wildman–Crippen MR) is 116 cm³/mol. The van der Waals surface area contributed by atoms with Crippen molar-refractivity contribution in [2.24, 2.45) is 0 Å². The van der Waals surface area contributed by atoms with Gasteiger partial charge in [-0.05, 0) is 66.9 Å². The van der Waals surface area contributed by atoms with Crippen LogP contribution in [0.2, 0.25) is 0 Å². The number of hydrogen-bond acceptors (Lipinski definition) is 4. The first-order valence-corrected chi connectivity index (χ1v) is 9.63. The van der Waals surface area contributed by atoms with E-state index in [0.29, 0.717) is 31.3 Å². The molecule has 0 aliphatic rings. The molecule has 2 aromatic carbocycles.